The van der Waals surface area contributed by atoms with Gasteiger partial charge in [-0.15, -0.1) is 0 Å². The van der Waals surface area contributed by atoms with Gasteiger partial charge in [0, 0.05) is 19.2 Å². The molecule has 0 bridgehead atoms. The van der Waals surface area contributed by atoms with Gasteiger partial charge in [-0.2, -0.15) is 0 Å². The van der Waals surface area contributed by atoms with E-state index in [0.717, 1.165) is 12.3 Å². The first-order valence-corrected chi connectivity index (χ1v) is 6.03. The van der Waals surface area contributed by atoms with Gasteiger partial charge in [0.1, 0.15) is 5.75 Å². The number of ether oxygens (including phenoxy) is 1. The van der Waals surface area contributed by atoms with E-state index in [1.807, 2.05) is 38.2 Å². The Morgan fingerprint density at radius 2 is 1.88 bits per heavy atom. The van der Waals surface area contributed by atoms with Crippen molar-refractivity contribution >= 4 is 5.91 Å². The van der Waals surface area contributed by atoms with Gasteiger partial charge < -0.3 is 9.64 Å². The summed E-state index contributed by atoms with van der Waals surface area (Å²) < 4.78 is 5.34. The van der Waals surface area contributed by atoms with Crippen molar-refractivity contribution in [3.63, 3.8) is 0 Å². The fourth-order valence-corrected chi connectivity index (χ4v) is 1.71. The van der Waals surface area contributed by atoms with Gasteiger partial charge in [0.15, 0.2) is 0 Å². The van der Waals surface area contributed by atoms with Gasteiger partial charge in [0.25, 0.3) is 5.91 Å². The van der Waals surface area contributed by atoms with E-state index in [0.29, 0.717) is 18.1 Å². The summed E-state index contributed by atoms with van der Waals surface area (Å²) in [5.74, 6) is 1.34. The van der Waals surface area contributed by atoms with Crippen LogP contribution in [0.1, 0.15) is 31.1 Å². The van der Waals surface area contributed by atoms with Gasteiger partial charge in [-0.3, -0.25) is 4.79 Å². The zero-order valence-corrected chi connectivity index (χ0v) is 11.1. The SMILES string of the molecule is CCOc1ccc(C(=O)N(C)CC(C)C)cc1. The van der Waals surface area contributed by atoms with E-state index in [9.17, 15) is 4.79 Å². The first kappa shape index (κ1) is 13.6. The number of rotatable bonds is 5. The molecule has 0 spiro atoms. The number of amides is 1. The fourth-order valence-electron chi connectivity index (χ4n) is 1.71. The first-order chi connectivity index (χ1) is 8.04. The van der Waals surface area contributed by atoms with Crippen LogP contribution >= 0.6 is 0 Å². The van der Waals surface area contributed by atoms with E-state index in [1.54, 1.807) is 4.90 Å². The molecule has 1 amide bonds. The molecule has 0 aromatic heterocycles. The molecule has 0 saturated carbocycles. The highest BCUT2D eigenvalue weighted by Gasteiger charge is 2.12. The average molecular weight is 235 g/mol. The lowest BCUT2D eigenvalue weighted by Gasteiger charge is -2.19. The van der Waals surface area contributed by atoms with Gasteiger partial charge in [-0.25, -0.2) is 0 Å². The largest absolute Gasteiger partial charge is 0.494 e. The number of nitrogens with zero attached hydrogens (tertiary/aromatic N) is 1. The highest BCUT2D eigenvalue weighted by atomic mass is 16.5. The minimum atomic E-state index is 0.0572. The third-order valence-corrected chi connectivity index (χ3v) is 2.40. The van der Waals surface area contributed by atoms with Crippen LogP contribution in [0.4, 0.5) is 0 Å². The molecule has 0 heterocycles. The standard InChI is InChI=1S/C14H21NO2/c1-5-17-13-8-6-12(7-9-13)14(16)15(4)10-11(2)3/h6-9,11H,5,10H2,1-4H3. The maximum Gasteiger partial charge on any atom is 0.253 e. The van der Waals surface area contributed by atoms with Gasteiger partial charge >= 0.3 is 0 Å². The Morgan fingerprint density at radius 3 is 2.35 bits per heavy atom. The molecule has 0 aliphatic rings. The summed E-state index contributed by atoms with van der Waals surface area (Å²) >= 11 is 0. The van der Waals surface area contributed by atoms with Gasteiger partial charge in [0.2, 0.25) is 0 Å². The zero-order valence-electron chi connectivity index (χ0n) is 11.1. The van der Waals surface area contributed by atoms with Crippen molar-refractivity contribution in [1.29, 1.82) is 0 Å². The maximum absolute atomic E-state index is 12.0. The van der Waals surface area contributed by atoms with Crippen molar-refractivity contribution in [2.75, 3.05) is 20.2 Å². The van der Waals surface area contributed by atoms with Crippen molar-refractivity contribution < 1.29 is 9.53 Å². The molecule has 1 aromatic carbocycles. The first-order valence-electron chi connectivity index (χ1n) is 6.03. The summed E-state index contributed by atoms with van der Waals surface area (Å²) in [4.78, 5) is 13.8. The van der Waals surface area contributed by atoms with Crippen LogP contribution < -0.4 is 4.74 Å². The van der Waals surface area contributed by atoms with E-state index >= 15 is 0 Å². The zero-order chi connectivity index (χ0) is 12.8. The number of carbonyl (C=O) groups is 1. The summed E-state index contributed by atoms with van der Waals surface area (Å²) in [5.41, 5.74) is 0.705. The van der Waals surface area contributed by atoms with E-state index in [2.05, 4.69) is 13.8 Å². The molecule has 0 radical (unpaired) electrons. The highest BCUT2D eigenvalue weighted by molar-refractivity contribution is 5.94. The van der Waals surface area contributed by atoms with Crippen LogP contribution in [-0.2, 0) is 0 Å². The highest BCUT2D eigenvalue weighted by Crippen LogP contribution is 2.13. The second-order valence-electron chi connectivity index (χ2n) is 4.54. The number of hydrogen-bond donors (Lipinski definition) is 0. The van der Waals surface area contributed by atoms with Crippen LogP contribution in [-0.4, -0.2) is 31.0 Å². The Morgan fingerprint density at radius 1 is 1.29 bits per heavy atom. The Kier molecular flexibility index (Phi) is 5.01. The third kappa shape index (κ3) is 4.10. The van der Waals surface area contributed by atoms with Crippen LogP contribution in [0, 0.1) is 5.92 Å². The summed E-state index contributed by atoms with van der Waals surface area (Å²) in [6, 6.07) is 7.29. The quantitative estimate of drug-likeness (QED) is 0.785. The lowest BCUT2D eigenvalue weighted by molar-refractivity contribution is 0.0779. The Balaban J connectivity index is 2.69. The average Bonchev–Trinajstić information content (AvgIpc) is 2.28. The van der Waals surface area contributed by atoms with E-state index < -0.39 is 0 Å². The summed E-state index contributed by atoms with van der Waals surface area (Å²) in [7, 11) is 1.83. The molecule has 0 unspecified atom stereocenters. The summed E-state index contributed by atoms with van der Waals surface area (Å²) in [6.45, 7) is 7.55. The maximum atomic E-state index is 12.0. The molecule has 0 fully saturated rings. The lowest BCUT2D eigenvalue weighted by atomic mass is 10.1. The van der Waals surface area contributed by atoms with Crippen molar-refractivity contribution in [2.24, 2.45) is 5.92 Å². The molecule has 1 rings (SSSR count). The number of hydrogen-bond acceptors (Lipinski definition) is 2. The second kappa shape index (κ2) is 6.28. The predicted octanol–water partition coefficient (Wildman–Crippen LogP) is 2.81. The normalized spacial score (nSPS) is 10.4. The Hall–Kier alpha value is -1.51. The lowest BCUT2D eigenvalue weighted by Crippen LogP contribution is -2.30. The van der Waals surface area contributed by atoms with Crippen LogP contribution in [0.5, 0.6) is 5.75 Å². The third-order valence-electron chi connectivity index (χ3n) is 2.40. The van der Waals surface area contributed by atoms with Gasteiger partial charge in [-0.1, -0.05) is 13.8 Å². The van der Waals surface area contributed by atoms with Crippen LogP contribution in [0.25, 0.3) is 0 Å². The fraction of sp³-hybridized carbons (Fsp3) is 0.500. The topological polar surface area (TPSA) is 29.5 Å². The molecule has 94 valence electrons. The molecule has 0 N–H and O–H groups in total. The molecule has 0 aliphatic heterocycles. The van der Waals surface area contributed by atoms with Gasteiger partial charge in [0.05, 0.1) is 6.61 Å². The molecule has 3 nitrogen and oxygen atoms in total. The molecule has 0 saturated heterocycles. The Labute approximate surface area is 103 Å². The molecular weight excluding hydrogens is 214 g/mol. The van der Waals surface area contributed by atoms with Crippen LogP contribution in [0.2, 0.25) is 0 Å². The minimum Gasteiger partial charge on any atom is -0.494 e. The summed E-state index contributed by atoms with van der Waals surface area (Å²) in [6.07, 6.45) is 0. The number of carbonyl (C=O) groups excluding carboxylic acids is 1. The minimum absolute atomic E-state index is 0.0572. The molecule has 3 heteroatoms. The molecule has 17 heavy (non-hydrogen) atoms. The van der Waals surface area contributed by atoms with Crippen molar-refractivity contribution in [1.82, 2.24) is 4.90 Å². The Bertz CT molecular complexity index is 357. The van der Waals surface area contributed by atoms with Crippen LogP contribution in [0.3, 0.4) is 0 Å². The molecule has 1 aromatic rings. The van der Waals surface area contributed by atoms with E-state index in [4.69, 9.17) is 4.74 Å². The summed E-state index contributed by atoms with van der Waals surface area (Å²) in [5, 5.41) is 0. The second-order valence-corrected chi connectivity index (χ2v) is 4.54. The molecule has 0 aliphatic carbocycles. The number of benzene rings is 1. The molecule has 0 atom stereocenters. The molecular formula is C14H21NO2. The van der Waals surface area contributed by atoms with Crippen molar-refractivity contribution in [3.8, 4) is 5.75 Å². The van der Waals surface area contributed by atoms with E-state index in [-0.39, 0.29) is 5.91 Å². The monoisotopic (exact) mass is 235 g/mol. The van der Waals surface area contributed by atoms with Crippen molar-refractivity contribution in [3.05, 3.63) is 29.8 Å². The van der Waals surface area contributed by atoms with Gasteiger partial charge in [-0.05, 0) is 37.1 Å². The van der Waals surface area contributed by atoms with Crippen molar-refractivity contribution in [2.45, 2.75) is 20.8 Å². The van der Waals surface area contributed by atoms with Crippen LogP contribution in [0.15, 0.2) is 24.3 Å². The van der Waals surface area contributed by atoms with E-state index in [1.165, 1.54) is 0 Å². The smallest absolute Gasteiger partial charge is 0.253 e. The predicted molar refractivity (Wildman–Crippen MR) is 69.4 cm³/mol.